The summed E-state index contributed by atoms with van der Waals surface area (Å²) in [5.74, 6) is 0.920. The molecular weight excluding hydrogens is 715 g/mol. The quantitative estimate of drug-likeness (QED) is 0.0697. The second-order valence-corrected chi connectivity index (χ2v) is 23.0. The van der Waals surface area contributed by atoms with Gasteiger partial charge in [-0.15, -0.1) is 0 Å². The van der Waals surface area contributed by atoms with Gasteiger partial charge < -0.3 is 47.6 Å². The molecule has 55 heavy (non-hydrogen) atoms. The van der Waals surface area contributed by atoms with Crippen LogP contribution in [0.15, 0.2) is 60.7 Å². The third-order valence-corrected chi connectivity index (χ3v) is 15.5. The molecule has 1 atom stereocenters. The van der Waals surface area contributed by atoms with Gasteiger partial charge in [-0.2, -0.15) is 0 Å². The van der Waals surface area contributed by atoms with Crippen LogP contribution in [0.1, 0.15) is 95.3 Å². The Kier molecular flexibility index (Phi) is 13.5. The van der Waals surface area contributed by atoms with Crippen molar-refractivity contribution in [3.8, 4) is 11.5 Å². The molecule has 304 valence electrons. The van der Waals surface area contributed by atoms with Crippen LogP contribution in [0.2, 0.25) is 18.1 Å². The van der Waals surface area contributed by atoms with Crippen molar-refractivity contribution in [1.29, 1.82) is 0 Å². The van der Waals surface area contributed by atoms with Gasteiger partial charge >= 0.3 is 0 Å². The Hall–Kier alpha value is -3.00. The fourth-order valence-electron chi connectivity index (χ4n) is 6.55. The van der Waals surface area contributed by atoms with Crippen molar-refractivity contribution < 1.29 is 42.7 Å². The molecule has 0 spiro atoms. The van der Waals surface area contributed by atoms with Crippen molar-refractivity contribution in [2.75, 3.05) is 72.5 Å². The minimum absolute atomic E-state index is 0.0243. The van der Waals surface area contributed by atoms with Crippen LogP contribution < -0.4 is 14.4 Å². The van der Waals surface area contributed by atoms with Crippen LogP contribution in [0, 0.1) is 10.8 Å². The first-order valence-electron chi connectivity index (χ1n) is 19.4. The smallest absolute Gasteiger partial charge is 0.191 e. The zero-order chi connectivity index (χ0) is 40.2. The second-order valence-electron chi connectivity index (χ2n) is 18.1. The summed E-state index contributed by atoms with van der Waals surface area (Å²) in [4.78, 5) is 2.20. The van der Waals surface area contributed by atoms with Crippen LogP contribution in [0.4, 0.5) is 5.69 Å². The average Bonchev–Trinajstić information content (AvgIpc) is 3.14. The molecule has 2 heterocycles. The highest BCUT2D eigenvalue weighted by Gasteiger charge is 2.42. The molecule has 2 fully saturated rings. The van der Waals surface area contributed by atoms with Crippen molar-refractivity contribution in [2.24, 2.45) is 10.8 Å². The molecule has 10 nitrogen and oxygen atoms in total. The lowest BCUT2D eigenvalue weighted by Crippen LogP contribution is -2.41. The molecule has 2 aliphatic rings. The highest BCUT2D eigenvalue weighted by atomic mass is 28.4. The number of ether oxygens (including phenoxy) is 7. The fraction of sp³-hybridized carbons (Fsp3) is 0.591. The van der Waals surface area contributed by atoms with Gasteiger partial charge in [0.15, 0.2) is 27.7 Å². The van der Waals surface area contributed by atoms with E-state index in [1.54, 1.807) is 14.2 Å². The van der Waals surface area contributed by atoms with Gasteiger partial charge in [0.05, 0.1) is 33.5 Å². The Morgan fingerprint density at radius 1 is 0.782 bits per heavy atom. The summed E-state index contributed by atoms with van der Waals surface area (Å²) < 4.78 is 49.0. The number of benzene rings is 3. The van der Waals surface area contributed by atoms with Crippen molar-refractivity contribution >= 4 is 14.0 Å². The summed E-state index contributed by atoms with van der Waals surface area (Å²) in [7, 11) is 3.39. The standard InChI is InChI=1S/C44H65NO9Si/c1-41(2,3)55(11,12)54-22-14-21-45(8)34-16-13-15-33(25-34)44(46,35-23-31(17-19-37(35)48-10)39-49-26-42(4,5)27-50-39)36-24-32(18-20-38(36)53-30-47-9)40-51-28-43(6,7)29-52-40/h13,15-20,23-25,39-40,46H,14,21-22,26-30H2,1-12H3. The Morgan fingerprint density at radius 3 is 1.82 bits per heavy atom. The highest BCUT2D eigenvalue weighted by Crippen LogP contribution is 2.48. The van der Waals surface area contributed by atoms with Gasteiger partial charge in [0.1, 0.15) is 17.1 Å². The summed E-state index contributed by atoms with van der Waals surface area (Å²) >= 11 is 0. The fourth-order valence-corrected chi connectivity index (χ4v) is 7.64. The molecule has 11 heteroatoms. The molecule has 0 aliphatic carbocycles. The van der Waals surface area contributed by atoms with E-state index in [1.165, 1.54) is 0 Å². The number of hydrogen-bond acceptors (Lipinski definition) is 10. The number of nitrogens with zero attached hydrogens (tertiary/aromatic N) is 1. The van der Waals surface area contributed by atoms with Crippen molar-refractivity contribution in [3.05, 3.63) is 88.5 Å². The Labute approximate surface area is 330 Å². The molecule has 0 amide bonds. The van der Waals surface area contributed by atoms with Gasteiger partial charge in [0.25, 0.3) is 0 Å². The van der Waals surface area contributed by atoms with Gasteiger partial charge in [-0.1, -0.05) is 72.7 Å². The topological polar surface area (TPSA) is 97.3 Å². The first kappa shape index (κ1) is 43.1. The molecule has 0 radical (unpaired) electrons. The Morgan fingerprint density at radius 2 is 1.31 bits per heavy atom. The highest BCUT2D eigenvalue weighted by molar-refractivity contribution is 6.74. The molecular formula is C44H65NO9Si. The first-order chi connectivity index (χ1) is 25.8. The maximum Gasteiger partial charge on any atom is 0.191 e. The molecule has 5 rings (SSSR count). The Bertz CT molecular complexity index is 1720. The predicted octanol–water partition coefficient (Wildman–Crippen LogP) is 8.95. The molecule has 1 unspecified atom stereocenters. The predicted molar refractivity (Wildman–Crippen MR) is 218 cm³/mol. The maximum atomic E-state index is 13.7. The van der Waals surface area contributed by atoms with E-state index in [9.17, 15) is 5.11 Å². The van der Waals surface area contributed by atoms with Crippen LogP contribution in [0.3, 0.4) is 0 Å². The third kappa shape index (κ3) is 10.1. The molecule has 3 aromatic carbocycles. The summed E-state index contributed by atoms with van der Waals surface area (Å²) in [6.45, 7) is 23.4. The van der Waals surface area contributed by atoms with E-state index in [4.69, 9.17) is 37.6 Å². The van der Waals surface area contributed by atoms with Gasteiger partial charge in [0, 0.05) is 66.1 Å². The largest absolute Gasteiger partial charge is 0.496 e. The summed E-state index contributed by atoms with van der Waals surface area (Å²) in [6.07, 6.45) is -0.379. The number of anilines is 1. The zero-order valence-electron chi connectivity index (χ0n) is 35.2. The minimum atomic E-state index is -1.86. The van der Waals surface area contributed by atoms with E-state index < -0.39 is 26.5 Å². The van der Waals surface area contributed by atoms with Gasteiger partial charge in [-0.25, -0.2) is 0 Å². The average molecular weight is 780 g/mol. The molecule has 0 aromatic heterocycles. The molecule has 2 saturated heterocycles. The van der Waals surface area contributed by atoms with E-state index in [1.807, 2.05) is 54.6 Å². The second kappa shape index (κ2) is 17.2. The van der Waals surface area contributed by atoms with Crippen LogP contribution in [0.5, 0.6) is 11.5 Å². The van der Waals surface area contributed by atoms with Crippen LogP contribution in [0.25, 0.3) is 0 Å². The first-order valence-corrected chi connectivity index (χ1v) is 22.3. The van der Waals surface area contributed by atoms with E-state index in [2.05, 4.69) is 79.6 Å². The van der Waals surface area contributed by atoms with E-state index in [0.29, 0.717) is 61.2 Å². The van der Waals surface area contributed by atoms with Gasteiger partial charge in [0.2, 0.25) is 0 Å². The van der Waals surface area contributed by atoms with E-state index >= 15 is 0 Å². The number of aliphatic hydroxyl groups is 1. The van der Waals surface area contributed by atoms with Gasteiger partial charge in [-0.3, -0.25) is 0 Å². The molecule has 2 aliphatic heterocycles. The summed E-state index contributed by atoms with van der Waals surface area (Å²) in [5.41, 5.74) is 2.00. The van der Waals surface area contributed by atoms with Gasteiger partial charge in [-0.05, 0) is 66.5 Å². The van der Waals surface area contributed by atoms with E-state index in [0.717, 1.165) is 29.8 Å². The molecule has 0 saturated carbocycles. The SMILES string of the molecule is COCOc1ccc(C2OCC(C)(C)CO2)cc1C(O)(c1cccc(N(C)CCCO[Si](C)(C)C(C)(C)C)c1)c1cc(C2OCC(C)(C)CO2)ccc1OC. The van der Waals surface area contributed by atoms with Crippen LogP contribution >= 0.6 is 0 Å². The summed E-state index contributed by atoms with van der Waals surface area (Å²) in [6, 6.07) is 19.3. The van der Waals surface area contributed by atoms with Crippen LogP contribution in [-0.2, 0) is 33.7 Å². The lowest BCUT2D eigenvalue weighted by atomic mass is 9.78. The third-order valence-electron chi connectivity index (χ3n) is 11.0. The van der Waals surface area contributed by atoms with Crippen molar-refractivity contribution in [1.82, 2.24) is 0 Å². The lowest BCUT2D eigenvalue weighted by molar-refractivity contribution is -0.226. The van der Waals surface area contributed by atoms with Crippen molar-refractivity contribution in [3.63, 3.8) is 0 Å². The zero-order valence-corrected chi connectivity index (χ0v) is 36.2. The molecule has 0 bridgehead atoms. The monoisotopic (exact) mass is 779 g/mol. The van der Waals surface area contributed by atoms with Crippen LogP contribution in [-0.4, -0.2) is 81.1 Å². The normalized spacial score (nSPS) is 19.1. The van der Waals surface area contributed by atoms with Crippen molar-refractivity contribution in [2.45, 2.75) is 91.2 Å². The van der Waals surface area contributed by atoms with E-state index in [-0.39, 0.29) is 22.7 Å². The summed E-state index contributed by atoms with van der Waals surface area (Å²) in [5, 5.41) is 13.9. The lowest BCUT2D eigenvalue weighted by Gasteiger charge is -2.37. The number of methoxy groups -OCH3 is 2. The molecule has 1 N–H and O–H groups in total. The Balaban J connectivity index is 1.62. The number of hydrogen-bond donors (Lipinski definition) is 1. The number of rotatable bonds is 15. The molecule has 3 aromatic rings. The maximum absolute atomic E-state index is 13.7. The minimum Gasteiger partial charge on any atom is -0.496 e.